The van der Waals surface area contributed by atoms with E-state index in [9.17, 15) is 4.79 Å². The Kier molecular flexibility index (Phi) is 5.84. The van der Waals surface area contributed by atoms with Crippen LogP contribution in [0.15, 0.2) is 60.7 Å². The molecule has 3 aromatic rings. The highest BCUT2D eigenvalue weighted by molar-refractivity contribution is 7.14. The van der Waals surface area contributed by atoms with Gasteiger partial charge in [-0.3, -0.25) is 9.69 Å². The Morgan fingerprint density at radius 3 is 2.39 bits per heavy atom. The smallest absolute Gasteiger partial charge is 0.263 e. The van der Waals surface area contributed by atoms with Gasteiger partial charge in [0.25, 0.3) is 5.91 Å². The van der Waals surface area contributed by atoms with Crippen LogP contribution in [0.2, 0.25) is 0 Å². The number of thiazole rings is 1. The summed E-state index contributed by atoms with van der Waals surface area (Å²) in [5.74, 6) is -0.0374. The molecule has 2 aromatic carbocycles. The monoisotopic (exact) mass is 391 g/mol. The van der Waals surface area contributed by atoms with E-state index in [0.717, 1.165) is 29.4 Å². The fourth-order valence-electron chi connectivity index (χ4n) is 3.83. The van der Waals surface area contributed by atoms with E-state index in [2.05, 4.69) is 39.5 Å². The van der Waals surface area contributed by atoms with Gasteiger partial charge in [0.05, 0.1) is 16.7 Å². The third-order valence-electron chi connectivity index (χ3n) is 5.21. The minimum absolute atomic E-state index is 0.0374. The van der Waals surface area contributed by atoms with Crippen molar-refractivity contribution < 1.29 is 4.79 Å². The number of aryl methyl sites for hydroxylation is 1. The highest BCUT2D eigenvalue weighted by Crippen LogP contribution is 2.29. The molecule has 5 heteroatoms. The van der Waals surface area contributed by atoms with Gasteiger partial charge in [0.2, 0.25) is 0 Å². The van der Waals surface area contributed by atoms with E-state index in [1.165, 1.54) is 29.7 Å². The fourth-order valence-corrected chi connectivity index (χ4v) is 4.69. The van der Waals surface area contributed by atoms with Crippen molar-refractivity contribution in [1.82, 2.24) is 15.2 Å². The molecule has 1 atom stereocenters. The van der Waals surface area contributed by atoms with Crippen LogP contribution in [-0.4, -0.2) is 35.4 Å². The molecule has 2 heterocycles. The molecule has 1 aromatic heterocycles. The molecule has 0 radical (unpaired) electrons. The van der Waals surface area contributed by atoms with Crippen LogP contribution >= 0.6 is 11.3 Å². The Balaban J connectivity index is 1.53. The summed E-state index contributed by atoms with van der Waals surface area (Å²) >= 11 is 1.46. The number of benzene rings is 2. The van der Waals surface area contributed by atoms with E-state index in [0.29, 0.717) is 11.4 Å². The summed E-state index contributed by atoms with van der Waals surface area (Å²) in [5.41, 5.74) is 3.02. The Labute approximate surface area is 170 Å². The number of rotatable bonds is 6. The molecule has 0 unspecified atom stereocenters. The number of amides is 1. The van der Waals surface area contributed by atoms with Crippen LogP contribution in [0.25, 0.3) is 11.3 Å². The minimum atomic E-state index is -0.0374. The lowest BCUT2D eigenvalue weighted by molar-refractivity contribution is 0.0942. The summed E-state index contributed by atoms with van der Waals surface area (Å²) in [6.07, 6.45) is 2.45. The maximum Gasteiger partial charge on any atom is 0.263 e. The molecule has 1 N–H and O–H groups in total. The van der Waals surface area contributed by atoms with Gasteiger partial charge in [-0.2, -0.15) is 0 Å². The number of aromatic nitrogens is 1. The number of carbonyl (C=O) groups is 1. The van der Waals surface area contributed by atoms with Crippen LogP contribution in [0.1, 0.15) is 39.1 Å². The number of carbonyl (C=O) groups excluding carboxylic acids is 1. The van der Waals surface area contributed by atoms with Gasteiger partial charge in [0, 0.05) is 12.1 Å². The summed E-state index contributed by atoms with van der Waals surface area (Å²) < 4.78 is 0. The topological polar surface area (TPSA) is 45.2 Å². The first-order chi connectivity index (χ1) is 13.7. The van der Waals surface area contributed by atoms with Gasteiger partial charge in [-0.15, -0.1) is 11.3 Å². The number of nitrogens with zero attached hydrogens (tertiary/aromatic N) is 2. The van der Waals surface area contributed by atoms with Gasteiger partial charge in [0.15, 0.2) is 0 Å². The highest BCUT2D eigenvalue weighted by atomic mass is 32.1. The van der Waals surface area contributed by atoms with E-state index in [4.69, 9.17) is 0 Å². The van der Waals surface area contributed by atoms with Crippen LogP contribution in [0.4, 0.5) is 0 Å². The lowest BCUT2D eigenvalue weighted by atomic mass is 10.1. The Hall–Kier alpha value is -2.50. The Bertz CT molecular complexity index is 918. The van der Waals surface area contributed by atoms with Crippen molar-refractivity contribution in [1.29, 1.82) is 0 Å². The molecule has 1 aliphatic heterocycles. The maximum atomic E-state index is 13.0. The molecule has 1 fully saturated rings. The summed E-state index contributed by atoms with van der Waals surface area (Å²) in [7, 11) is 0. The molecule has 1 amide bonds. The molecular weight excluding hydrogens is 366 g/mol. The SMILES string of the molecule is Cc1nc(-c2ccccc2)c(C(=O)NC[C@@H](c2ccccc2)N2CCCC2)s1. The van der Waals surface area contributed by atoms with Crippen LogP contribution in [0, 0.1) is 6.92 Å². The first-order valence-electron chi connectivity index (χ1n) is 9.82. The van der Waals surface area contributed by atoms with Crippen molar-refractivity contribution in [2.24, 2.45) is 0 Å². The van der Waals surface area contributed by atoms with Crippen molar-refractivity contribution in [3.8, 4) is 11.3 Å². The molecule has 0 bridgehead atoms. The Morgan fingerprint density at radius 2 is 1.71 bits per heavy atom. The van der Waals surface area contributed by atoms with Crippen molar-refractivity contribution in [2.75, 3.05) is 19.6 Å². The van der Waals surface area contributed by atoms with Gasteiger partial charge >= 0.3 is 0 Å². The molecule has 1 aliphatic rings. The van der Waals surface area contributed by atoms with E-state index < -0.39 is 0 Å². The third kappa shape index (κ3) is 4.16. The first kappa shape index (κ1) is 18.8. The number of hydrogen-bond acceptors (Lipinski definition) is 4. The van der Waals surface area contributed by atoms with Crippen LogP contribution in [0.5, 0.6) is 0 Å². The molecule has 28 heavy (non-hydrogen) atoms. The zero-order chi connectivity index (χ0) is 19.3. The molecule has 0 aliphatic carbocycles. The van der Waals surface area contributed by atoms with Gasteiger partial charge in [-0.05, 0) is 38.4 Å². The van der Waals surface area contributed by atoms with E-state index in [1.807, 2.05) is 43.3 Å². The van der Waals surface area contributed by atoms with Crippen molar-refractivity contribution in [3.63, 3.8) is 0 Å². The molecule has 0 spiro atoms. The van der Waals surface area contributed by atoms with Crippen LogP contribution in [-0.2, 0) is 0 Å². The van der Waals surface area contributed by atoms with Crippen LogP contribution in [0.3, 0.4) is 0 Å². The van der Waals surface area contributed by atoms with Gasteiger partial charge in [-0.25, -0.2) is 4.98 Å². The summed E-state index contributed by atoms with van der Waals surface area (Å²) in [6.45, 7) is 4.73. The number of nitrogens with one attached hydrogen (secondary N) is 1. The second-order valence-corrected chi connectivity index (χ2v) is 8.36. The number of hydrogen-bond donors (Lipinski definition) is 1. The van der Waals surface area contributed by atoms with Gasteiger partial charge in [0.1, 0.15) is 4.88 Å². The largest absolute Gasteiger partial charge is 0.349 e. The second-order valence-electron chi connectivity index (χ2n) is 7.16. The fraction of sp³-hybridized carbons (Fsp3) is 0.304. The predicted molar refractivity (Wildman–Crippen MR) is 115 cm³/mol. The quantitative estimate of drug-likeness (QED) is 0.663. The van der Waals surface area contributed by atoms with Crippen LogP contribution < -0.4 is 5.32 Å². The molecular formula is C23H25N3OS. The zero-order valence-corrected chi connectivity index (χ0v) is 16.9. The highest BCUT2D eigenvalue weighted by Gasteiger charge is 2.25. The number of likely N-dealkylation sites (tertiary alicyclic amines) is 1. The molecule has 4 nitrogen and oxygen atoms in total. The molecule has 4 rings (SSSR count). The third-order valence-corrected chi connectivity index (χ3v) is 6.18. The van der Waals surface area contributed by atoms with E-state index >= 15 is 0 Å². The summed E-state index contributed by atoms with van der Waals surface area (Å²) in [5, 5.41) is 4.09. The van der Waals surface area contributed by atoms with E-state index in [-0.39, 0.29) is 11.9 Å². The average Bonchev–Trinajstić information content (AvgIpc) is 3.39. The standard InChI is InChI=1S/C23H25N3OS/c1-17-25-21(19-12-6-3-7-13-19)22(28-17)23(27)24-16-20(26-14-8-9-15-26)18-10-4-2-5-11-18/h2-7,10-13,20H,8-9,14-16H2,1H3,(H,24,27)/t20-/m0/s1. The molecule has 1 saturated heterocycles. The van der Waals surface area contributed by atoms with Crippen molar-refractivity contribution >= 4 is 17.2 Å². The normalized spacial score (nSPS) is 15.5. The first-order valence-corrected chi connectivity index (χ1v) is 10.6. The van der Waals surface area contributed by atoms with Gasteiger partial charge in [-0.1, -0.05) is 60.7 Å². The predicted octanol–water partition coefficient (Wildman–Crippen LogP) is 4.69. The molecule has 0 saturated carbocycles. The maximum absolute atomic E-state index is 13.0. The van der Waals surface area contributed by atoms with Gasteiger partial charge < -0.3 is 5.32 Å². The summed E-state index contributed by atoms with van der Waals surface area (Å²) in [4.78, 5) is 20.8. The second kappa shape index (κ2) is 8.67. The Morgan fingerprint density at radius 1 is 1.07 bits per heavy atom. The molecule has 144 valence electrons. The zero-order valence-electron chi connectivity index (χ0n) is 16.1. The summed E-state index contributed by atoms with van der Waals surface area (Å²) in [6, 6.07) is 20.6. The lowest BCUT2D eigenvalue weighted by Crippen LogP contribution is -2.36. The van der Waals surface area contributed by atoms with E-state index in [1.54, 1.807) is 0 Å². The van der Waals surface area contributed by atoms with Crippen molar-refractivity contribution in [2.45, 2.75) is 25.8 Å². The van der Waals surface area contributed by atoms with Crippen molar-refractivity contribution in [3.05, 3.63) is 76.1 Å². The minimum Gasteiger partial charge on any atom is -0.349 e. The average molecular weight is 392 g/mol. The lowest BCUT2D eigenvalue weighted by Gasteiger charge is -2.28.